The van der Waals surface area contributed by atoms with Crippen molar-refractivity contribution < 1.29 is 27.9 Å². The normalized spacial score (nSPS) is 15.4. The second-order valence-corrected chi connectivity index (χ2v) is 12.1. The SMILES string of the molecule is CC(C)(C)OC(=O)n1c(-c2ccc3c(c2)CC(NS(=O)(=O)c2ccccc2C(=O)O)C3)cc2ccccc21. The third kappa shape index (κ3) is 4.94. The van der Waals surface area contributed by atoms with Crippen LogP contribution in [0.5, 0.6) is 0 Å². The Bertz CT molecular complexity index is 1680. The zero-order valence-electron chi connectivity index (χ0n) is 21.3. The summed E-state index contributed by atoms with van der Waals surface area (Å²) in [5, 5.41) is 10.3. The van der Waals surface area contributed by atoms with E-state index in [0.29, 0.717) is 18.5 Å². The van der Waals surface area contributed by atoms with E-state index in [9.17, 15) is 23.1 Å². The number of carboxylic acid groups (broad SMARTS) is 1. The van der Waals surface area contributed by atoms with E-state index in [4.69, 9.17) is 4.74 Å². The molecule has 1 heterocycles. The fourth-order valence-corrected chi connectivity index (χ4v) is 6.33. The van der Waals surface area contributed by atoms with Gasteiger partial charge in [-0.3, -0.25) is 0 Å². The summed E-state index contributed by atoms with van der Waals surface area (Å²) in [6.07, 6.45) is 0.431. The minimum absolute atomic E-state index is 0.258. The Morgan fingerprint density at radius 2 is 1.63 bits per heavy atom. The molecule has 0 fully saturated rings. The summed E-state index contributed by atoms with van der Waals surface area (Å²) >= 11 is 0. The van der Waals surface area contributed by atoms with Crippen molar-refractivity contribution in [2.45, 2.75) is 50.2 Å². The number of rotatable bonds is 5. The molecule has 8 nitrogen and oxygen atoms in total. The maximum absolute atomic E-state index is 13.2. The molecule has 1 aliphatic carbocycles. The molecule has 0 bridgehead atoms. The van der Waals surface area contributed by atoms with E-state index in [2.05, 4.69) is 4.72 Å². The minimum atomic E-state index is -4.05. The van der Waals surface area contributed by atoms with Gasteiger partial charge < -0.3 is 9.84 Å². The van der Waals surface area contributed by atoms with Gasteiger partial charge in [0.15, 0.2) is 0 Å². The van der Waals surface area contributed by atoms with Gasteiger partial charge in [0.05, 0.1) is 21.7 Å². The van der Waals surface area contributed by atoms with Crippen molar-refractivity contribution >= 4 is 33.0 Å². The van der Waals surface area contributed by atoms with Gasteiger partial charge in [0.1, 0.15) is 5.60 Å². The Balaban J connectivity index is 1.45. The molecule has 1 unspecified atom stereocenters. The standard InChI is InChI=1S/C29H28N2O6S/c1-29(2,3)37-28(34)31-24-10-6-4-8-19(24)17-25(31)20-13-12-18-15-22(16-21(18)14-20)30-38(35,36)26-11-7-5-9-23(26)27(32)33/h4-14,17,22,30H,15-16H2,1-3H3,(H,32,33). The number of para-hydroxylation sites is 1. The number of fused-ring (bicyclic) bond motifs is 2. The molecular formula is C29H28N2O6S. The number of sulfonamides is 1. The number of aromatic nitrogens is 1. The van der Waals surface area contributed by atoms with Gasteiger partial charge in [-0.15, -0.1) is 0 Å². The third-order valence-corrected chi connectivity index (χ3v) is 8.03. The number of carbonyl (C=O) groups is 2. The van der Waals surface area contributed by atoms with Crippen LogP contribution in [-0.4, -0.2) is 41.8 Å². The molecule has 0 spiro atoms. The van der Waals surface area contributed by atoms with E-state index < -0.39 is 33.7 Å². The molecular weight excluding hydrogens is 504 g/mol. The lowest BCUT2D eigenvalue weighted by molar-refractivity contribution is 0.0546. The van der Waals surface area contributed by atoms with Crippen LogP contribution in [0.3, 0.4) is 0 Å². The number of hydrogen-bond donors (Lipinski definition) is 2. The Morgan fingerprint density at radius 3 is 2.37 bits per heavy atom. The molecule has 0 amide bonds. The quantitative estimate of drug-likeness (QED) is 0.364. The first kappa shape index (κ1) is 25.7. The van der Waals surface area contributed by atoms with Gasteiger partial charge in [0.25, 0.3) is 0 Å². The van der Waals surface area contributed by atoms with E-state index in [1.165, 1.54) is 24.3 Å². The predicted molar refractivity (Wildman–Crippen MR) is 144 cm³/mol. The second-order valence-electron chi connectivity index (χ2n) is 10.4. The first-order chi connectivity index (χ1) is 17.9. The van der Waals surface area contributed by atoms with Gasteiger partial charge in [-0.25, -0.2) is 27.3 Å². The smallest absolute Gasteiger partial charge is 0.419 e. The second kappa shape index (κ2) is 9.41. The van der Waals surface area contributed by atoms with Gasteiger partial charge in [-0.1, -0.05) is 42.5 Å². The molecule has 2 N–H and O–H groups in total. The lowest BCUT2D eigenvalue weighted by Gasteiger charge is -2.21. The van der Waals surface area contributed by atoms with Crippen molar-refractivity contribution in [2.24, 2.45) is 0 Å². The first-order valence-corrected chi connectivity index (χ1v) is 13.7. The molecule has 38 heavy (non-hydrogen) atoms. The van der Waals surface area contributed by atoms with Crippen LogP contribution in [0.4, 0.5) is 4.79 Å². The number of carboxylic acids is 1. The predicted octanol–water partition coefficient (Wildman–Crippen LogP) is 5.24. The maximum Gasteiger partial charge on any atom is 0.419 e. The van der Waals surface area contributed by atoms with Crippen LogP contribution in [0.1, 0.15) is 42.3 Å². The zero-order chi connectivity index (χ0) is 27.2. The molecule has 0 radical (unpaired) electrons. The van der Waals surface area contributed by atoms with Crippen LogP contribution in [0.15, 0.2) is 77.7 Å². The molecule has 0 saturated carbocycles. The number of aromatic carboxylic acids is 1. The van der Waals surface area contributed by atoms with Crippen LogP contribution in [-0.2, 0) is 27.6 Å². The molecule has 1 aromatic heterocycles. The van der Waals surface area contributed by atoms with Crippen LogP contribution in [0.2, 0.25) is 0 Å². The number of nitrogens with zero attached hydrogens (tertiary/aromatic N) is 1. The van der Waals surface area contributed by atoms with Crippen molar-refractivity contribution in [3.63, 3.8) is 0 Å². The number of carbonyl (C=O) groups excluding carboxylic acids is 1. The van der Waals surface area contributed by atoms with Crippen LogP contribution >= 0.6 is 0 Å². The van der Waals surface area contributed by atoms with Crippen molar-refractivity contribution in [1.29, 1.82) is 0 Å². The van der Waals surface area contributed by atoms with E-state index >= 15 is 0 Å². The van der Waals surface area contributed by atoms with E-state index in [0.717, 1.165) is 27.6 Å². The molecule has 196 valence electrons. The van der Waals surface area contributed by atoms with Crippen molar-refractivity contribution in [1.82, 2.24) is 9.29 Å². The summed E-state index contributed by atoms with van der Waals surface area (Å²) in [6, 6.07) is 20.5. The van der Waals surface area contributed by atoms with Crippen molar-refractivity contribution in [3.8, 4) is 11.3 Å². The van der Waals surface area contributed by atoms with Gasteiger partial charge in [0.2, 0.25) is 10.0 Å². The fraction of sp³-hybridized carbons (Fsp3) is 0.241. The number of hydrogen-bond acceptors (Lipinski definition) is 5. The lowest BCUT2D eigenvalue weighted by atomic mass is 10.0. The van der Waals surface area contributed by atoms with Gasteiger partial charge in [-0.05, 0) is 80.6 Å². The average molecular weight is 533 g/mol. The zero-order valence-corrected chi connectivity index (χ0v) is 22.1. The fourth-order valence-electron chi connectivity index (χ4n) is 4.89. The Kier molecular flexibility index (Phi) is 6.36. The Labute approximate surface area is 220 Å². The summed E-state index contributed by atoms with van der Waals surface area (Å²) in [7, 11) is -4.05. The summed E-state index contributed by atoms with van der Waals surface area (Å²) in [5.41, 5.74) is 3.25. The van der Waals surface area contributed by atoms with E-state index in [-0.39, 0.29) is 10.5 Å². The van der Waals surface area contributed by atoms with Crippen molar-refractivity contribution in [2.75, 3.05) is 0 Å². The highest BCUT2D eigenvalue weighted by atomic mass is 32.2. The molecule has 5 rings (SSSR count). The highest BCUT2D eigenvalue weighted by molar-refractivity contribution is 7.89. The van der Waals surface area contributed by atoms with Crippen molar-refractivity contribution in [3.05, 3.63) is 89.5 Å². The summed E-state index contributed by atoms with van der Waals surface area (Å²) in [5.74, 6) is -1.30. The molecule has 0 saturated heterocycles. The monoisotopic (exact) mass is 532 g/mol. The van der Waals surface area contributed by atoms with Gasteiger partial charge in [-0.2, -0.15) is 0 Å². The van der Waals surface area contributed by atoms with Gasteiger partial charge in [0, 0.05) is 11.4 Å². The molecule has 4 aromatic rings. The highest BCUT2D eigenvalue weighted by Crippen LogP contribution is 2.33. The molecule has 0 aliphatic heterocycles. The maximum atomic E-state index is 13.2. The van der Waals surface area contributed by atoms with Crippen LogP contribution in [0.25, 0.3) is 22.2 Å². The largest absolute Gasteiger partial charge is 0.478 e. The molecule has 3 aromatic carbocycles. The van der Waals surface area contributed by atoms with E-state index in [1.54, 1.807) is 4.57 Å². The number of benzene rings is 3. The van der Waals surface area contributed by atoms with Crippen LogP contribution in [0, 0.1) is 0 Å². The summed E-state index contributed by atoms with van der Waals surface area (Å²) in [4.78, 5) is 24.5. The number of nitrogens with one attached hydrogen (secondary N) is 1. The van der Waals surface area contributed by atoms with Gasteiger partial charge >= 0.3 is 12.1 Å². The molecule has 9 heteroatoms. The first-order valence-electron chi connectivity index (χ1n) is 12.2. The summed E-state index contributed by atoms with van der Waals surface area (Å²) in [6.45, 7) is 5.46. The lowest BCUT2D eigenvalue weighted by Crippen LogP contribution is -2.36. The topological polar surface area (TPSA) is 115 Å². The van der Waals surface area contributed by atoms with Crippen LogP contribution < -0.4 is 4.72 Å². The molecule has 1 atom stereocenters. The summed E-state index contributed by atoms with van der Waals surface area (Å²) < 4.78 is 36.1. The van der Waals surface area contributed by atoms with E-state index in [1.807, 2.05) is 69.3 Å². The Morgan fingerprint density at radius 1 is 0.947 bits per heavy atom. The minimum Gasteiger partial charge on any atom is -0.478 e. The Hall–Kier alpha value is -3.95. The number of ether oxygens (including phenoxy) is 1. The highest BCUT2D eigenvalue weighted by Gasteiger charge is 2.30. The third-order valence-electron chi connectivity index (χ3n) is 6.45. The average Bonchev–Trinajstić information content (AvgIpc) is 3.42. The molecule has 1 aliphatic rings.